The summed E-state index contributed by atoms with van der Waals surface area (Å²) in [5, 5.41) is 2.74. The standard InChI is InChI=1S/C43H33B/c1-29-11-3-7-19-41(29)44(42-20-8-4-12-30(42)2)36-16-9-14-33(28-36)31-21-23-32(24-22-31)38-25-26-40-37-17-6-5-13-34(37)27-35-15-10-18-39(38)43(35)40/h3-26,28H,27H2,1-2H3. The van der Waals surface area contributed by atoms with Crippen LogP contribution in [0.2, 0.25) is 0 Å². The van der Waals surface area contributed by atoms with Crippen LogP contribution in [0.15, 0.2) is 152 Å². The highest BCUT2D eigenvalue weighted by atomic mass is 14.2. The molecule has 0 nitrogen and oxygen atoms in total. The molecule has 0 heterocycles. The van der Waals surface area contributed by atoms with Gasteiger partial charge in [0, 0.05) is 0 Å². The minimum Gasteiger partial charge on any atom is -0.0680 e. The minimum absolute atomic E-state index is 0.180. The maximum atomic E-state index is 2.39. The molecular formula is C43H33B. The van der Waals surface area contributed by atoms with E-state index in [1.54, 1.807) is 0 Å². The first-order valence-electron chi connectivity index (χ1n) is 15.6. The van der Waals surface area contributed by atoms with Crippen LogP contribution in [-0.4, -0.2) is 6.71 Å². The molecule has 44 heavy (non-hydrogen) atoms. The van der Waals surface area contributed by atoms with Crippen LogP contribution in [0.3, 0.4) is 0 Å². The first-order valence-corrected chi connectivity index (χ1v) is 15.6. The van der Waals surface area contributed by atoms with E-state index in [0.29, 0.717) is 0 Å². The molecule has 0 aliphatic heterocycles. The Hall–Kier alpha value is -5.14. The molecule has 0 bridgehead atoms. The molecule has 0 N–H and O–H groups in total. The Balaban J connectivity index is 1.19. The third kappa shape index (κ3) is 4.48. The summed E-state index contributed by atoms with van der Waals surface area (Å²) < 4.78 is 0. The van der Waals surface area contributed by atoms with Crippen molar-refractivity contribution in [1.82, 2.24) is 0 Å². The van der Waals surface area contributed by atoms with E-state index in [1.165, 1.54) is 82.8 Å². The molecule has 0 atom stereocenters. The molecule has 0 spiro atoms. The second-order valence-corrected chi connectivity index (χ2v) is 12.2. The molecule has 0 amide bonds. The van der Waals surface area contributed by atoms with Gasteiger partial charge in [-0.2, -0.15) is 0 Å². The van der Waals surface area contributed by atoms with E-state index in [-0.39, 0.29) is 6.71 Å². The summed E-state index contributed by atoms with van der Waals surface area (Å²) in [5.74, 6) is 0. The summed E-state index contributed by atoms with van der Waals surface area (Å²) in [7, 11) is 0. The lowest BCUT2D eigenvalue weighted by atomic mass is 9.35. The van der Waals surface area contributed by atoms with Crippen molar-refractivity contribution >= 4 is 33.9 Å². The van der Waals surface area contributed by atoms with Crippen molar-refractivity contribution in [3.8, 4) is 33.4 Å². The van der Waals surface area contributed by atoms with Gasteiger partial charge in [-0.25, -0.2) is 0 Å². The fourth-order valence-electron chi connectivity index (χ4n) is 7.34. The lowest BCUT2D eigenvalue weighted by molar-refractivity contribution is 1.20. The van der Waals surface area contributed by atoms with Gasteiger partial charge in [0.25, 0.3) is 0 Å². The molecule has 0 saturated heterocycles. The van der Waals surface area contributed by atoms with Crippen molar-refractivity contribution in [3.63, 3.8) is 0 Å². The Labute approximate surface area is 260 Å². The topological polar surface area (TPSA) is 0 Å². The van der Waals surface area contributed by atoms with Crippen LogP contribution in [-0.2, 0) is 6.42 Å². The van der Waals surface area contributed by atoms with Crippen molar-refractivity contribution in [2.24, 2.45) is 0 Å². The molecule has 0 radical (unpaired) electrons. The molecule has 7 aromatic rings. The van der Waals surface area contributed by atoms with Crippen molar-refractivity contribution in [2.45, 2.75) is 20.3 Å². The van der Waals surface area contributed by atoms with Crippen molar-refractivity contribution in [1.29, 1.82) is 0 Å². The van der Waals surface area contributed by atoms with Gasteiger partial charge in [0.05, 0.1) is 0 Å². The highest BCUT2D eigenvalue weighted by Gasteiger charge is 2.25. The predicted octanol–water partition coefficient (Wildman–Crippen LogP) is 8.88. The van der Waals surface area contributed by atoms with Crippen LogP contribution < -0.4 is 16.4 Å². The van der Waals surface area contributed by atoms with Crippen molar-refractivity contribution < 1.29 is 0 Å². The van der Waals surface area contributed by atoms with E-state index in [2.05, 4.69) is 166 Å². The number of benzene rings is 7. The normalized spacial score (nSPS) is 11.8. The van der Waals surface area contributed by atoms with E-state index in [4.69, 9.17) is 0 Å². The van der Waals surface area contributed by atoms with Crippen LogP contribution in [0.4, 0.5) is 0 Å². The SMILES string of the molecule is Cc1ccccc1B(c1cccc(-c2ccc(-c3ccc4c5c(cccc35)Cc3ccccc3-4)cc2)c1)c1ccccc1C. The van der Waals surface area contributed by atoms with Gasteiger partial charge in [0.15, 0.2) is 0 Å². The van der Waals surface area contributed by atoms with Crippen molar-refractivity contribution in [3.05, 3.63) is 174 Å². The maximum Gasteiger partial charge on any atom is 0.241 e. The Kier molecular flexibility index (Phi) is 6.53. The highest BCUT2D eigenvalue weighted by Crippen LogP contribution is 2.42. The third-order valence-corrected chi connectivity index (χ3v) is 9.56. The zero-order chi connectivity index (χ0) is 29.6. The van der Waals surface area contributed by atoms with Crippen LogP contribution in [0, 0.1) is 13.8 Å². The second-order valence-electron chi connectivity index (χ2n) is 12.2. The van der Waals surface area contributed by atoms with E-state index >= 15 is 0 Å². The molecule has 208 valence electrons. The molecule has 7 aromatic carbocycles. The zero-order valence-corrected chi connectivity index (χ0v) is 25.2. The van der Waals surface area contributed by atoms with Crippen LogP contribution in [0.5, 0.6) is 0 Å². The Bertz CT molecular complexity index is 2120. The van der Waals surface area contributed by atoms with E-state index in [9.17, 15) is 0 Å². The Morgan fingerprint density at radius 2 is 1.05 bits per heavy atom. The maximum absolute atomic E-state index is 2.39. The smallest absolute Gasteiger partial charge is 0.0680 e. The second kappa shape index (κ2) is 10.9. The lowest BCUT2D eigenvalue weighted by Crippen LogP contribution is -2.53. The van der Waals surface area contributed by atoms with Gasteiger partial charge in [-0.1, -0.05) is 179 Å². The molecule has 8 rings (SSSR count). The fraction of sp³-hybridized carbons (Fsp3) is 0.0698. The van der Waals surface area contributed by atoms with Crippen LogP contribution in [0.1, 0.15) is 22.3 Å². The van der Waals surface area contributed by atoms with E-state index < -0.39 is 0 Å². The van der Waals surface area contributed by atoms with E-state index in [0.717, 1.165) is 6.42 Å². The van der Waals surface area contributed by atoms with Gasteiger partial charge >= 0.3 is 0 Å². The molecule has 0 aromatic heterocycles. The van der Waals surface area contributed by atoms with Gasteiger partial charge in [-0.15, -0.1) is 0 Å². The van der Waals surface area contributed by atoms with Gasteiger partial charge in [-0.05, 0) is 75.5 Å². The van der Waals surface area contributed by atoms with Crippen molar-refractivity contribution in [2.75, 3.05) is 0 Å². The molecular weight excluding hydrogens is 527 g/mol. The Morgan fingerprint density at radius 1 is 0.432 bits per heavy atom. The quantitative estimate of drug-likeness (QED) is 0.185. The highest BCUT2D eigenvalue weighted by molar-refractivity contribution is 6.96. The first kappa shape index (κ1) is 26.5. The molecule has 1 aliphatic rings. The minimum atomic E-state index is 0.180. The average molecular weight is 561 g/mol. The number of rotatable bonds is 5. The zero-order valence-electron chi connectivity index (χ0n) is 25.2. The number of hydrogen-bond acceptors (Lipinski definition) is 0. The number of aryl methyl sites for hydroxylation is 2. The number of hydrogen-bond donors (Lipinski definition) is 0. The Morgan fingerprint density at radius 3 is 1.80 bits per heavy atom. The molecule has 1 aliphatic carbocycles. The largest absolute Gasteiger partial charge is 0.241 e. The summed E-state index contributed by atoms with van der Waals surface area (Å²) in [4.78, 5) is 0. The van der Waals surface area contributed by atoms with E-state index in [1.807, 2.05) is 0 Å². The summed E-state index contributed by atoms with van der Waals surface area (Å²) in [5.41, 5.74) is 17.3. The average Bonchev–Trinajstić information content (AvgIpc) is 3.07. The fourth-order valence-corrected chi connectivity index (χ4v) is 7.34. The van der Waals surface area contributed by atoms with Gasteiger partial charge in [-0.3, -0.25) is 0 Å². The summed E-state index contributed by atoms with van der Waals surface area (Å²) in [6.45, 7) is 4.63. The van der Waals surface area contributed by atoms with Crippen LogP contribution in [0.25, 0.3) is 44.2 Å². The number of fused-ring (bicyclic) bond motifs is 2. The van der Waals surface area contributed by atoms with Gasteiger partial charge < -0.3 is 0 Å². The molecule has 0 saturated carbocycles. The third-order valence-electron chi connectivity index (χ3n) is 9.56. The van der Waals surface area contributed by atoms with Crippen LogP contribution >= 0.6 is 0 Å². The van der Waals surface area contributed by atoms with Gasteiger partial charge in [0.1, 0.15) is 0 Å². The van der Waals surface area contributed by atoms with Gasteiger partial charge in [0.2, 0.25) is 6.71 Å². The molecule has 0 unspecified atom stereocenters. The molecule has 0 fully saturated rings. The lowest BCUT2D eigenvalue weighted by Gasteiger charge is -2.22. The summed E-state index contributed by atoms with van der Waals surface area (Å²) in [6.07, 6.45) is 0.991. The first-order chi connectivity index (χ1) is 21.7. The summed E-state index contributed by atoms with van der Waals surface area (Å²) >= 11 is 0. The summed E-state index contributed by atoms with van der Waals surface area (Å²) in [6, 6.07) is 56.2. The monoisotopic (exact) mass is 560 g/mol. The predicted molar refractivity (Wildman–Crippen MR) is 190 cm³/mol. The molecule has 1 heteroatoms.